The predicted molar refractivity (Wildman–Crippen MR) is 71.3 cm³/mol. The van der Waals surface area contributed by atoms with Gasteiger partial charge in [0.15, 0.2) is 0 Å². The molecule has 2 rings (SSSR count). The highest BCUT2D eigenvalue weighted by Crippen LogP contribution is 2.32. The first-order chi connectivity index (χ1) is 8.93. The highest BCUT2D eigenvalue weighted by Gasteiger charge is 2.41. The number of carbonyl (C=O) groups is 1. The molecule has 0 radical (unpaired) electrons. The van der Waals surface area contributed by atoms with Gasteiger partial charge in [-0.15, -0.1) is 0 Å². The third kappa shape index (κ3) is 2.76. The number of rotatable bonds is 4. The number of hydrogen-bond donors (Lipinski definition) is 1. The molecular weight excluding hydrogens is 268 g/mol. The number of aliphatic carboxylic acids is 1. The van der Waals surface area contributed by atoms with Crippen molar-refractivity contribution in [2.45, 2.75) is 38.3 Å². The fourth-order valence-electron chi connectivity index (χ4n) is 2.41. The zero-order valence-corrected chi connectivity index (χ0v) is 11.5. The quantitative estimate of drug-likeness (QED) is 0.678. The van der Waals surface area contributed by atoms with Gasteiger partial charge < -0.3 is 5.11 Å². The number of carboxylic acid groups (broad SMARTS) is 1. The molecule has 0 bridgehead atoms. The maximum Gasteiger partial charge on any atom is 0.324 e. The lowest BCUT2D eigenvalue weighted by Crippen LogP contribution is -2.54. The van der Waals surface area contributed by atoms with Crippen molar-refractivity contribution in [2.75, 3.05) is 6.54 Å². The van der Waals surface area contributed by atoms with Crippen LogP contribution >= 0.6 is 11.3 Å². The number of piperidine rings is 1. The Kier molecular flexibility index (Phi) is 3.86. The van der Waals surface area contributed by atoms with Crippen molar-refractivity contribution in [3.05, 3.63) is 27.1 Å². The van der Waals surface area contributed by atoms with E-state index in [1.165, 1.54) is 6.07 Å². The Morgan fingerprint density at radius 2 is 2.32 bits per heavy atom. The second kappa shape index (κ2) is 5.26. The molecule has 1 aliphatic heterocycles. The lowest BCUT2D eigenvalue weighted by molar-refractivity contribution is -0.380. The van der Waals surface area contributed by atoms with Gasteiger partial charge in [0.2, 0.25) is 0 Å². The maximum atomic E-state index is 11.4. The molecule has 1 atom stereocenters. The highest BCUT2D eigenvalue weighted by atomic mass is 32.1. The normalized spacial score (nSPS) is 24.3. The smallest absolute Gasteiger partial charge is 0.324 e. The van der Waals surface area contributed by atoms with E-state index < -0.39 is 16.4 Å². The van der Waals surface area contributed by atoms with Crippen LogP contribution in [0.25, 0.3) is 0 Å². The van der Waals surface area contributed by atoms with E-state index in [1.807, 2.05) is 4.90 Å². The van der Waals surface area contributed by atoms with Crippen LogP contribution in [0.1, 0.15) is 31.1 Å². The minimum absolute atomic E-state index is 0.101. The van der Waals surface area contributed by atoms with Gasteiger partial charge in [0, 0.05) is 17.5 Å². The van der Waals surface area contributed by atoms with E-state index in [9.17, 15) is 20.0 Å². The Bertz CT molecular complexity index is 502. The molecule has 1 aromatic heterocycles. The average Bonchev–Trinajstić information content (AvgIpc) is 2.81. The van der Waals surface area contributed by atoms with E-state index in [1.54, 1.807) is 13.0 Å². The minimum atomic E-state index is -0.864. The van der Waals surface area contributed by atoms with Gasteiger partial charge in [-0.2, -0.15) is 0 Å². The molecule has 104 valence electrons. The van der Waals surface area contributed by atoms with Gasteiger partial charge in [0.25, 0.3) is 0 Å². The summed E-state index contributed by atoms with van der Waals surface area (Å²) in [5.74, 6) is -0.821. The molecule has 1 aliphatic rings. The standard InChI is InChI=1S/C12H16N2O4S/c1-12(11(15)16)6-2-3-7-13(12)8-9-4-5-10(19-9)14(17)18/h4-5H,2-3,6-8H2,1H3,(H,15,16). The van der Waals surface area contributed by atoms with Gasteiger partial charge in [-0.1, -0.05) is 11.3 Å². The van der Waals surface area contributed by atoms with Crippen LogP contribution < -0.4 is 0 Å². The monoisotopic (exact) mass is 284 g/mol. The summed E-state index contributed by atoms with van der Waals surface area (Å²) < 4.78 is 0. The molecule has 0 spiro atoms. The molecule has 2 heterocycles. The van der Waals surface area contributed by atoms with E-state index in [2.05, 4.69) is 0 Å². The van der Waals surface area contributed by atoms with Crippen LogP contribution in [0.2, 0.25) is 0 Å². The van der Waals surface area contributed by atoms with Crippen molar-refractivity contribution in [2.24, 2.45) is 0 Å². The molecule has 6 nitrogen and oxygen atoms in total. The molecule has 0 amide bonds. The van der Waals surface area contributed by atoms with Crippen LogP contribution in [-0.2, 0) is 11.3 Å². The molecular formula is C12H16N2O4S. The number of nitro groups is 1. The van der Waals surface area contributed by atoms with Crippen molar-refractivity contribution in [1.29, 1.82) is 0 Å². The van der Waals surface area contributed by atoms with E-state index in [0.29, 0.717) is 19.5 Å². The number of hydrogen-bond acceptors (Lipinski definition) is 5. The Morgan fingerprint density at radius 1 is 1.58 bits per heavy atom. The van der Waals surface area contributed by atoms with Gasteiger partial charge in [0.05, 0.1) is 4.92 Å². The summed E-state index contributed by atoms with van der Waals surface area (Å²) in [6, 6.07) is 3.18. The van der Waals surface area contributed by atoms with Crippen molar-refractivity contribution in [1.82, 2.24) is 4.90 Å². The SMILES string of the molecule is CC1(C(=O)O)CCCCN1Cc1ccc([N+](=O)[O-])s1. The van der Waals surface area contributed by atoms with Crippen LogP contribution in [0.5, 0.6) is 0 Å². The van der Waals surface area contributed by atoms with Crippen molar-refractivity contribution < 1.29 is 14.8 Å². The fraction of sp³-hybridized carbons (Fsp3) is 0.583. The molecule has 1 fully saturated rings. The number of nitrogens with zero attached hydrogens (tertiary/aromatic N) is 2. The third-order valence-corrected chi connectivity index (χ3v) is 4.70. The van der Waals surface area contributed by atoms with Gasteiger partial charge in [-0.25, -0.2) is 0 Å². The summed E-state index contributed by atoms with van der Waals surface area (Å²) in [6.45, 7) is 2.91. The molecule has 0 aromatic carbocycles. The second-order valence-corrected chi connectivity index (χ2v) is 6.10. The van der Waals surface area contributed by atoms with Gasteiger partial charge in [0.1, 0.15) is 5.54 Å². The molecule has 1 aromatic rings. The zero-order valence-electron chi connectivity index (χ0n) is 10.7. The van der Waals surface area contributed by atoms with Gasteiger partial charge in [-0.05, 0) is 38.8 Å². The van der Waals surface area contributed by atoms with Gasteiger partial charge >= 0.3 is 11.0 Å². The molecule has 7 heteroatoms. The Hall–Kier alpha value is -1.47. The summed E-state index contributed by atoms with van der Waals surface area (Å²) in [4.78, 5) is 24.4. The lowest BCUT2D eigenvalue weighted by atomic mass is 9.88. The van der Waals surface area contributed by atoms with Crippen molar-refractivity contribution in [3.8, 4) is 0 Å². The van der Waals surface area contributed by atoms with E-state index in [0.717, 1.165) is 29.1 Å². The molecule has 0 saturated carbocycles. The summed E-state index contributed by atoms with van der Waals surface area (Å²) >= 11 is 1.11. The average molecular weight is 284 g/mol. The van der Waals surface area contributed by atoms with Crippen LogP contribution in [0, 0.1) is 10.1 Å². The molecule has 0 aliphatic carbocycles. The minimum Gasteiger partial charge on any atom is -0.480 e. The fourth-order valence-corrected chi connectivity index (χ4v) is 3.25. The molecule has 19 heavy (non-hydrogen) atoms. The zero-order chi connectivity index (χ0) is 14.0. The Morgan fingerprint density at radius 3 is 2.89 bits per heavy atom. The van der Waals surface area contributed by atoms with Crippen LogP contribution in [-0.4, -0.2) is 33.0 Å². The van der Waals surface area contributed by atoms with Crippen LogP contribution in [0.3, 0.4) is 0 Å². The summed E-state index contributed by atoms with van der Waals surface area (Å²) in [5.41, 5.74) is -0.864. The molecule has 1 unspecified atom stereocenters. The number of likely N-dealkylation sites (tertiary alicyclic amines) is 1. The Balaban J connectivity index is 2.15. The summed E-state index contributed by atoms with van der Waals surface area (Å²) in [5, 5.41) is 20.1. The van der Waals surface area contributed by atoms with Crippen molar-refractivity contribution >= 4 is 22.3 Å². The van der Waals surface area contributed by atoms with E-state index >= 15 is 0 Å². The number of carboxylic acids is 1. The lowest BCUT2D eigenvalue weighted by Gasteiger charge is -2.41. The maximum absolute atomic E-state index is 11.4. The first-order valence-corrected chi connectivity index (χ1v) is 6.97. The van der Waals surface area contributed by atoms with Crippen LogP contribution in [0.15, 0.2) is 12.1 Å². The molecule has 1 saturated heterocycles. The largest absolute Gasteiger partial charge is 0.480 e. The molecule has 1 N–H and O–H groups in total. The Labute approximate surface area is 114 Å². The third-order valence-electron chi connectivity index (χ3n) is 3.67. The number of thiophene rings is 1. The van der Waals surface area contributed by atoms with Crippen LogP contribution in [0.4, 0.5) is 5.00 Å². The summed E-state index contributed by atoms with van der Waals surface area (Å²) in [7, 11) is 0. The first-order valence-electron chi connectivity index (χ1n) is 6.15. The van der Waals surface area contributed by atoms with Gasteiger partial charge in [-0.3, -0.25) is 19.8 Å². The van der Waals surface area contributed by atoms with E-state index in [-0.39, 0.29) is 5.00 Å². The predicted octanol–water partition coefficient (Wildman–Crippen LogP) is 2.49. The first kappa shape index (κ1) is 14.0. The van der Waals surface area contributed by atoms with E-state index in [4.69, 9.17) is 0 Å². The second-order valence-electron chi connectivity index (χ2n) is 4.95. The highest BCUT2D eigenvalue weighted by molar-refractivity contribution is 7.15. The van der Waals surface area contributed by atoms with Crippen molar-refractivity contribution in [3.63, 3.8) is 0 Å². The topological polar surface area (TPSA) is 83.7 Å². The summed E-state index contributed by atoms with van der Waals surface area (Å²) in [6.07, 6.45) is 2.50.